The van der Waals surface area contributed by atoms with Gasteiger partial charge in [0.05, 0.1) is 12.2 Å². The molecule has 0 spiro atoms. The van der Waals surface area contributed by atoms with E-state index in [4.69, 9.17) is 9.47 Å². The Morgan fingerprint density at radius 1 is 1.11 bits per heavy atom. The molecule has 5 rings (SSSR count). The van der Waals surface area contributed by atoms with E-state index in [0.29, 0.717) is 22.9 Å². The molecule has 3 aromatic rings. The van der Waals surface area contributed by atoms with Crippen molar-refractivity contribution >= 4 is 17.5 Å². The van der Waals surface area contributed by atoms with Gasteiger partial charge in [0.25, 0.3) is 11.8 Å². The Hall–Kier alpha value is -4.35. The van der Waals surface area contributed by atoms with Gasteiger partial charge in [0.1, 0.15) is 35.6 Å². The van der Waals surface area contributed by atoms with Crippen LogP contribution in [0.2, 0.25) is 0 Å². The molecular weight excluding hydrogens is 468 g/mol. The summed E-state index contributed by atoms with van der Waals surface area (Å²) < 4.78 is 11.7. The maximum absolute atomic E-state index is 13.2. The number of anilines is 1. The van der Waals surface area contributed by atoms with Crippen molar-refractivity contribution in [2.24, 2.45) is 0 Å². The quantitative estimate of drug-likeness (QED) is 0.545. The minimum atomic E-state index is -0.880. The molecule has 0 aliphatic carbocycles. The van der Waals surface area contributed by atoms with Crippen molar-refractivity contribution in [2.45, 2.75) is 18.9 Å². The number of carbonyl (C=O) groups is 2. The Morgan fingerprint density at radius 3 is 2.73 bits per heavy atom. The summed E-state index contributed by atoms with van der Waals surface area (Å²) in [6.07, 6.45) is 3.95. The number of para-hydroxylation sites is 1. The van der Waals surface area contributed by atoms with Crippen molar-refractivity contribution in [3.63, 3.8) is 0 Å². The first-order valence-electron chi connectivity index (χ1n) is 12.3. The van der Waals surface area contributed by atoms with E-state index in [2.05, 4.69) is 27.0 Å². The molecule has 3 heterocycles. The number of likely N-dealkylation sites (N-methyl/N-ethyl adjacent to an activating group) is 1. The average molecular weight is 497 g/mol. The van der Waals surface area contributed by atoms with Crippen molar-refractivity contribution in [2.75, 3.05) is 38.2 Å². The molecule has 2 amide bonds. The van der Waals surface area contributed by atoms with Gasteiger partial charge in [-0.2, -0.15) is 0 Å². The first kappa shape index (κ1) is 24.3. The summed E-state index contributed by atoms with van der Waals surface area (Å²) in [5.41, 5.74) is 1.57. The number of amides is 2. The highest BCUT2D eigenvalue weighted by Gasteiger charge is 2.31. The molecule has 1 atom stereocenters. The van der Waals surface area contributed by atoms with E-state index < -0.39 is 11.9 Å². The Balaban J connectivity index is 1.25. The van der Waals surface area contributed by atoms with Crippen LogP contribution in [0.3, 0.4) is 0 Å². The zero-order valence-electron chi connectivity index (χ0n) is 20.6. The third-order valence-electron chi connectivity index (χ3n) is 6.34. The van der Waals surface area contributed by atoms with Gasteiger partial charge in [0.15, 0.2) is 0 Å². The molecule has 1 saturated heterocycles. The van der Waals surface area contributed by atoms with E-state index in [1.54, 1.807) is 13.1 Å². The number of hydrogen-bond acceptors (Lipinski definition) is 6. The third-order valence-corrected chi connectivity index (χ3v) is 6.34. The third kappa shape index (κ3) is 5.90. The van der Waals surface area contributed by atoms with Crippen LogP contribution in [0, 0.1) is 11.8 Å². The Bertz CT molecular complexity index is 1340. The van der Waals surface area contributed by atoms with Crippen LogP contribution in [-0.2, 0) is 4.79 Å². The van der Waals surface area contributed by atoms with Crippen LogP contribution in [0.4, 0.5) is 5.69 Å². The number of ether oxygens (including phenoxy) is 2. The fourth-order valence-corrected chi connectivity index (χ4v) is 4.33. The van der Waals surface area contributed by atoms with Crippen molar-refractivity contribution in [1.82, 2.24) is 15.2 Å². The lowest BCUT2D eigenvalue weighted by atomic mass is 10.1. The van der Waals surface area contributed by atoms with Gasteiger partial charge in [-0.25, -0.2) is 0 Å². The SMILES string of the molecule is CN1C(=O)[C@H](NC(=O)c2cc(Oc3ccccc3)ccn2)COc2ccc(C#CCN3CCCC3)cc21. The lowest BCUT2D eigenvalue weighted by molar-refractivity contribution is -0.120. The van der Waals surface area contributed by atoms with Crippen LogP contribution in [0.5, 0.6) is 17.2 Å². The molecule has 1 fully saturated rings. The summed E-state index contributed by atoms with van der Waals surface area (Å²) in [5, 5.41) is 2.75. The summed E-state index contributed by atoms with van der Waals surface area (Å²) in [6.45, 7) is 2.93. The predicted octanol–water partition coefficient (Wildman–Crippen LogP) is 3.48. The standard InChI is InChI=1S/C29H28N4O4/c1-32-26-18-21(8-7-17-33-15-5-6-16-33)11-12-27(26)36-20-25(29(32)35)31-28(34)24-19-23(13-14-30-24)37-22-9-3-2-4-10-22/h2-4,9-14,18-19,25H,5-6,15-17,20H2,1H3,(H,31,34)/t25-/m1/s1. The Morgan fingerprint density at radius 2 is 1.92 bits per heavy atom. The second-order valence-electron chi connectivity index (χ2n) is 8.99. The fourth-order valence-electron chi connectivity index (χ4n) is 4.33. The largest absolute Gasteiger partial charge is 0.489 e. The number of fused-ring (bicyclic) bond motifs is 1. The minimum Gasteiger partial charge on any atom is -0.489 e. The fraction of sp³-hybridized carbons (Fsp3) is 0.276. The first-order valence-corrected chi connectivity index (χ1v) is 12.3. The molecule has 0 saturated carbocycles. The van der Waals surface area contributed by atoms with Crippen LogP contribution in [0.15, 0.2) is 66.9 Å². The number of aromatic nitrogens is 1. The molecule has 2 aromatic carbocycles. The predicted molar refractivity (Wildman–Crippen MR) is 140 cm³/mol. The number of nitrogens with zero attached hydrogens (tertiary/aromatic N) is 3. The Labute approximate surface area is 216 Å². The number of nitrogens with one attached hydrogen (secondary N) is 1. The molecule has 8 nitrogen and oxygen atoms in total. The van der Waals surface area contributed by atoms with Gasteiger partial charge in [0.2, 0.25) is 0 Å². The monoisotopic (exact) mass is 496 g/mol. The van der Waals surface area contributed by atoms with Crippen LogP contribution < -0.4 is 19.7 Å². The van der Waals surface area contributed by atoms with Crippen molar-refractivity contribution < 1.29 is 19.1 Å². The number of benzene rings is 2. The van der Waals surface area contributed by atoms with Gasteiger partial charge in [-0.15, -0.1) is 0 Å². The van der Waals surface area contributed by atoms with Gasteiger partial charge in [0, 0.05) is 24.9 Å². The maximum atomic E-state index is 13.2. The van der Waals surface area contributed by atoms with Gasteiger partial charge in [-0.1, -0.05) is 30.0 Å². The molecule has 0 bridgehead atoms. The summed E-state index contributed by atoms with van der Waals surface area (Å²) >= 11 is 0. The molecule has 1 N–H and O–H groups in total. The summed E-state index contributed by atoms with van der Waals surface area (Å²) in [6, 6.07) is 17.1. The van der Waals surface area contributed by atoms with E-state index in [0.717, 1.165) is 25.2 Å². The number of rotatable bonds is 5. The number of likely N-dealkylation sites (tertiary alicyclic amines) is 1. The average Bonchev–Trinajstić information content (AvgIpc) is 3.41. The number of hydrogen-bond donors (Lipinski definition) is 1. The molecule has 0 radical (unpaired) electrons. The molecule has 188 valence electrons. The highest BCUT2D eigenvalue weighted by molar-refractivity contribution is 6.03. The van der Waals surface area contributed by atoms with Crippen molar-refractivity contribution in [3.05, 3.63) is 78.1 Å². The van der Waals surface area contributed by atoms with Gasteiger partial charge in [-0.05, 0) is 62.3 Å². The lowest BCUT2D eigenvalue weighted by Crippen LogP contribution is -2.49. The zero-order chi connectivity index (χ0) is 25.6. The van der Waals surface area contributed by atoms with E-state index in [9.17, 15) is 9.59 Å². The Kier molecular flexibility index (Phi) is 7.33. The molecule has 2 aliphatic rings. The van der Waals surface area contributed by atoms with E-state index in [1.807, 2.05) is 48.5 Å². The first-order chi connectivity index (χ1) is 18.1. The normalized spacial score (nSPS) is 17.2. The van der Waals surface area contributed by atoms with E-state index >= 15 is 0 Å². The number of pyridine rings is 1. The number of carbonyl (C=O) groups excluding carboxylic acids is 2. The smallest absolute Gasteiger partial charge is 0.270 e. The molecule has 8 heteroatoms. The summed E-state index contributed by atoms with van der Waals surface area (Å²) in [5.74, 6) is 7.31. The van der Waals surface area contributed by atoms with Crippen LogP contribution in [0.25, 0.3) is 0 Å². The van der Waals surface area contributed by atoms with Gasteiger partial charge < -0.3 is 19.7 Å². The minimum absolute atomic E-state index is 0.00209. The summed E-state index contributed by atoms with van der Waals surface area (Å²) in [7, 11) is 1.67. The lowest BCUT2D eigenvalue weighted by Gasteiger charge is -2.20. The van der Waals surface area contributed by atoms with Gasteiger partial charge in [-0.3, -0.25) is 19.5 Å². The molecule has 2 aliphatic heterocycles. The van der Waals surface area contributed by atoms with Crippen LogP contribution in [-0.4, -0.2) is 61.0 Å². The van der Waals surface area contributed by atoms with Crippen LogP contribution >= 0.6 is 0 Å². The molecule has 0 unspecified atom stereocenters. The van der Waals surface area contributed by atoms with E-state index in [-0.39, 0.29) is 18.2 Å². The highest BCUT2D eigenvalue weighted by Crippen LogP contribution is 2.31. The van der Waals surface area contributed by atoms with Gasteiger partial charge >= 0.3 is 0 Å². The zero-order valence-corrected chi connectivity index (χ0v) is 20.6. The molecule has 1 aromatic heterocycles. The maximum Gasteiger partial charge on any atom is 0.270 e. The second kappa shape index (κ2) is 11.1. The molecule has 37 heavy (non-hydrogen) atoms. The molecular formula is C29H28N4O4. The second-order valence-corrected chi connectivity index (χ2v) is 8.99. The summed E-state index contributed by atoms with van der Waals surface area (Å²) in [4.78, 5) is 34.2. The van der Waals surface area contributed by atoms with Crippen LogP contribution in [0.1, 0.15) is 28.9 Å². The topological polar surface area (TPSA) is 84.0 Å². The van der Waals surface area contributed by atoms with Crippen molar-refractivity contribution in [1.29, 1.82) is 0 Å². The van der Waals surface area contributed by atoms with E-state index in [1.165, 1.54) is 30.0 Å². The van der Waals surface area contributed by atoms with Crippen molar-refractivity contribution in [3.8, 4) is 29.1 Å². The highest BCUT2D eigenvalue weighted by atomic mass is 16.5.